The highest BCUT2D eigenvalue weighted by atomic mass is 16.3. The van der Waals surface area contributed by atoms with E-state index in [0.717, 1.165) is 44.1 Å². The van der Waals surface area contributed by atoms with Crippen LogP contribution < -0.4 is 4.90 Å². The average molecular weight is 694 g/mol. The number of hydrogen-bond acceptors (Lipinski definition) is 2. The van der Waals surface area contributed by atoms with Gasteiger partial charge in [-0.05, 0) is 74.7 Å². The average Bonchev–Trinajstić information content (AvgIpc) is 3.79. The first kappa shape index (κ1) is 31.2. The van der Waals surface area contributed by atoms with Crippen molar-refractivity contribution in [3.8, 4) is 33.4 Å². The summed E-state index contributed by atoms with van der Waals surface area (Å²) < 4.78 is 6.76. The first-order valence-corrected chi connectivity index (χ1v) is 19.0. The first-order valence-electron chi connectivity index (χ1n) is 19.0. The molecule has 2 heteroatoms. The van der Waals surface area contributed by atoms with E-state index in [-0.39, 0.29) is 10.8 Å². The summed E-state index contributed by atoms with van der Waals surface area (Å²) in [7, 11) is 0. The summed E-state index contributed by atoms with van der Waals surface area (Å²) in [4.78, 5) is 2.52. The summed E-state index contributed by atoms with van der Waals surface area (Å²) in [5, 5.41) is 4.62. The van der Waals surface area contributed by atoms with Gasteiger partial charge in [-0.15, -0.1) is 0 Å². The van der Waals surface area contributed by atoms with Gasteiger partial charge < -0.3 is 9.32 Å². The number of rotatable bonds is 4. The third-order valence-corrected chi connectivity index (χ3v) is 12.5. The van der Waals surface area contributed by atoms with Crippen LogP contribution in [0.5, 0.6) is 0 Å². The minimum atomic E-state index is -0.110. The van der Waals surface area contributed by atoms with Crippen molar-refractivity contribution in [1.82, 2.24) is 0 Å². The van der Waals surface area contributed by atoms with Gasteiger partial charge in [0.15, 0.2) is 0 Å². The second-order valence-corrected chi connectivity index (χ2v) is 16.1. The maximum absolute atomic E-state index is 6.76. The molecule has 0 saturated carbocycles. The van der Waals surface area contributed by atoms with Gasteiger partial charge in [0.1, 0.15) is 11.2 Å². The van der Waals surface area contributed by atoms with Crippen molar-refractivity contribution >= 4 is 49.8 Å². The van der Waals surface area contributed by atoms with Crippen molar-refractivity contribution in [2.75, 3.05) is 4.90 Å². The van der Waals surface area contributed by atoms with Crippen LogP contribution in [0.25, 0.3) is 66.1 Å². The lowest BCUT2D eigenvalue weighted by molar-refractivity contribution is 0.660. The summed E-state index contributed by atoms with van der Waals surface area (Å²) in [5.41, 5.74) is 18.1. The van der Waals surface area contributed by atoms with Crippen LogP contribution in [0.1, 0.15) is 49.9 Å². The number of benzene rings is 8. The molecule has 2 nitrogen and oxygen atoms in total. The molecule has 0 bridgehead atoms. The third-order valence-electron chi connectivity index (χ3n) is 12.5. The Balaban J connectivity index is 1.14. The summed E-state index contributed by atoms with van der Waals surface area (Å²) >= 11 is 0. The lowest BCUT2D eigenvalue weighted by Gasteiger charge is -2.31. The molecule has 0 aliphatic heterocycles. The van der Waals surface area contributed by atoms with E-state index in [1.54, 1.807) is 0 Å². The number of anilines is 3. The Kier molecular flexibility index (Phi) is 6.39. The Bertz CT molecular complexity index is 2890. The number of fused-ring (bicyclic) bond motifs is 11. The third kappa shape index (κ3) is 4.17. The normalized spacial score (nSPS) is 14.6. The zero-order valence-electron chi connectivity index (χ0n) is 30.9. The highest BCUT2D eigenvalue weighted by molar-refractivity contribution is 6.17. The number of nitrogens with zero attached hydrogens (tertiary/aromatic N) is 1. The SMILES string of the molecule is CC1(C)c2ccccc2-c2c(N(c3ccc(-c4cccc5c4oc4c6ccccc6ccc54)cc3)c3cccc4c3-c3ccccc3C4(C)C)cccc21. The van der Waals surface area contributed by atoms with Gasteiger partial charge in [-0.3, -0.25) is 0 Å². The molecule has 258 valence electrons. The molecule has 0 spiro atoms. The van der Waals surface area contributed by atoms with Gasteiger partial charge in [0.05, 0.1) is 11.4 Å². The van der Waals surface area contributed by atoms with Crippen LogP contribution in [0, 0.1) is 0 Å². The van der Waals surface area contributed by atoms with Crippen molar-refractivity contribution in [3.05, 3.63) is 186 Å². The van der Waals surface area contributed by atoms with Gasteiger partial charge in [-0.2, -0.15) is 0 Å². The second kappa shape index (κ2) is 11.1. The Labute approximate surface area is 315 Å². The topological polar surface area (TPSA) is 16.4 Å². The Morgan fingerprint density at radius 1 is 0.389 bits per heavy atom. The van der Waals surface area contributed by atoms with E-state index in [0.29, 0.717) is 0 Å². The Morgan fingerprint density at radius 2 is 0.889 bits per heavy atom. The molecule has 0 atom stereocenters. The molecule has 1 aromatic heterocycles. The molecule has 11 rings (SSSR count). The molecule has 8 aromatic carbocycles. The number of furan rings is 1. The van der Waals surface area contributed by atoms with Crippen molar-refractivity contribution in [2.45, 2.75) is 38.5 Å². The van der Waals surface area contributed by atoms with Crippen LogP contribution in [0.15, 0.2) is 168 Å². The van der Waals surface area contributed by atoms with Gasteiger partial charge in [0, 0.05) is 49.4 Å². The van der Waals surface area contributed by atoms with Gasteiger partial charge in [-0.1, -0.05) is 161 Å². The van der Waals surface area contributed by atoms with Crippen LogP contribution in [0.4, 0.5) is 17.1 Å². The zero-order chi connectivity index (χ0) is 36.3. The minimum Gasteiger partial charge on any atom is -0.455 e. The second-order valence-electron chi connectivity index (χ2n) is 16.1. The largest absolute Gasteiger partial charge is 0.455 e. The van der Waals surface area contributed by atoms with E-state index in [1.807, 2.05) is 0 Å². The van der Waals surface area contributed by atoms with E-state index in [9.17, 15) is 0 Å². The van der Waals surface area contributed by atoms with E-state index in [1.165, 1.54) is 61.3 Å². The predicted molar refractivity (Wildman–Crippen MR) is 226 cm³/mol. The standard InChI is InChI=1S/C52H39NO/c1-51(2)41-20-9-7-16-39(41)47-43(51)22-12-24-45(47)53(46-25-13-23-44-48(46)40-17-8-10-21-42(40)52(44,3)4)34-29-26-33(27-30-34)36-18-11-19-37-38-31-28-32-14-5-6-15-35(32)50(38)54-49(36)37/h5-31H,1-4H3. The highest BCUT2D eigenvalue weighted by Gasteiger charge is 2.40. The van der Waals surface area contributed by atoms with Crippen LogP contribution >= 0.6 is 0 Å². The van der Waals surface area contributed by atoms with E-state index in [2.05, 4.69) is 196 Å². The van der Waals surface area contributed by atoms with Crippen molar-refractivity contribution in [2.24, 2.45) is 0 Å². The van der Waals surface area contributed by atoms with Crippen LogP contribution in [-0.4, -0.2) is 0 Å². The predicted octanol–water partition coefficient (Wildman–Crippen LogP) is 14.5. The Morgan fingerprint density at radius 3 is 1.54 bits per heavy atom. The van der Waals surface area contributed by atoms with Gasteiger partial charge in [0.25, 0.3) is 0 Å². The van der Waals surface area contributed by atoms with Crippen molar-refractivity contribution in [1.29, 1.82) is 0 Å². The van der Waals surface area contributed by atoms with Crippen LogP contribution in [0.3, 0.4) is 0 Å². The van der Waals surface area contributed by atoms with Gasteiger partial charge in [0.2, 0.25) is 0 Å². The lowest BCUT2D eigenvalue weighted by atomic mass is 9.82. The summed E-state index contributed by atoms with van der Waals surface area (Å²) in [6.45, 7) is 9.45. The molecule has 0 saturated heterocycles. The maximum atomic E-state index is 6.76. The molecule has 54 heavy (non-hydrogen) atoms. The van der Waals surface area contributed by atoms with Crippen LogP contribution in [0.2, 0.25) is 0 Å². The summed E-state index contributed by atoms with van der Waals surface area (Å²) in [6, 6.07) is 60.2. The van der Waals surface area contributed by atoms with E-state index in [4.69, 9.17) is 4.42 Å². The molecular weight excluding hydrogens is 655 g/mol. The fraction of sp³-hybridized carbons (Fsp3) is 0.115. The molecule has 0 N–H and O–H groups in total. The summed E-state index contributed by atoms with van der Waals surface area (Å²) in [5.74, 6) is 0. The van der Waals surface area contributed by atoms with Crippen LogP contribution in [-0.2, 0) is 10.8 Å². The molecule has 1 heterocycles. The molecular formula is C52H39NO. The number of para-hydroxylation sites is 1. The zero-order valence-corrected chi connectivity index (χ0v) is 30.9. The molecule has 2 aliphatic rings. The molecule has 2 aliphatic carbocycles. The van der Waals surface area contributed by atoms with Gasteiger partial charge >= 0.3 is 0 Å². The van der Waals surface area contributed by atoms with E-state index >= 15 is 0 Å². The van der Waals surface area contributed by atoms with Crippen molar-refractivity contribution in [3.63, 3.8) is 0 Å². The lowest BCUT2D eigenvalue weighted by Crippen LogP contribution is -2.17. The number of hydrogen-bond donors (Lipinski definition) is 0. The van der Waals surface area contributed by atoms with Gasteiger partial charge in [-0.25, -0.2) is 0 Å². The molecule has 0 unspecified atom stereocenters. The van der Waals surface area contributed by atoms with E-state index < -0.39 is 0 Å². The Hall–Kier alpha value is -6.38. The quantitative estimate of drug-likeness (QED) is 0.182. The first-order chi connectivity index (χ1) is 26.3. The molecule has 0 radical (unpaired) electrons. The molecule has 0 fully saturated rings. The fourth-order valence-electron chi connectivity index (χ4n) is 9.79. The fourth-order valence-corrected chi connectivity index (χ4v) is 9.79. The van der Waals surface area contributed by atoms with Crippen molar-refractivity contribution < 1.29 is 4.42 Å². The molecule has 0 amide bonds. The summed E-state index contributed by atoms with van der Waals surface area (Å²) in [6.07, 6.45) is 0. The minimum absolute atomic E-state index is 0.110. The molecule has 9 aromatic rings. The smallest absolute Gasteiger partial charge is 0.143 e. The maximum Gasteiger partial charge on any atom is 0.143 e. The monoisotopic (exact) mass is 693 g/mol. The highest BCUT2D eigenvalue weighted by Crippen LogP contribution is 2.58.